The zero-order chi connectivity index (χ0) is 18.9. The van der Waals surface area contributed by atoms with Crippen molar-refractivity contribution in [2.24, 2.45) is 0 Å². The summed E-state index contributed by atoms with van der Waals surface area (Å²) >= 11 is 0. The van der Waals surface area contributed by atoms with Crippen LogP contribution in [0.1, 0.15) is 28.8 Å². The van der Waals surface area contributed by atoms with Crippen LogP contribution >= 0.6 is 0 Å². The lowest BCUT2D eigenvalue weighted by atomic mass is 10.00. The smallest absolute Gasteiger partial charge is 0.131 e. The number of benzene rings is 1. The van der Waals surface area contributed by atoms with E-state index in [1.54, 1.807) is 6.20 Å². The molecule has 5 heteroatoms. The zero-order valence-corrected chi connectivity index (χ0v) is 15.8. The standard InChI is InChI=1S/C23H21N5/c1-16-19(14-28-15-22(26-27-28)21-11-4-5-12-24-21)13-18-9-6-8-17-7-2-3-10-20(17)23(18)25-16/h2-5,7,10-13,15H,6,8-9,14H2,1H3. The maximum atomic E-state index is 5.00. The molecular formula is C23H21N5. The van der Waals surface area contributed by atoms with Crippen molar-refractivity contribution in [3.8, 4) is 22.6 Å². The lowest BCUT2D eigenvalue weighted by molar-refractivity contribution is 0.644. The van der Waals surface area contributed by atoms with E-state index < -0.39 is 0 Å². The first kappa shape index (κ1) is 16.8. The van der Waals surface area contributed by atoms with Gasteiger partial charge < -0.3 is 0 Å². The number of pyridine rings is 2. The maximum Gasteiger partial charge on any atom is 0.131 e. The summed E-state index contributed by atoms with van der Waals surface area (Å²) in [7, 11) is 0. The topological polar surface area (TPSA) is 56.5 Å². The van der Waals surface area contributed by atoms with Crippen LogP contribution in [0.5, 0.6) is 0 Å². The van der Waals surface area contributed by atoms with Gasteiger partial charge in [-0.05, 0) is 61.1 Å². The Labute approximate surface area is 164 Å². The van der Waals surface area contributed by atoms with E-state index in [-0.39, 0.29) is 0 Å². The van der Waals surface area contributed by atoms with Gasteiger partial charge in [0.05, 0.1) is 24.1 Å². The molecule has 0 saturated heterocycles. The van der Waals surface area contributed by atoms with E-state index >= 15 is 0 Å². The Bertz CT molecular complexity index is 1130. The highest BCUT2D eigenvalue weighted by atomic mass is 15.4. The van der Waals surface area contributed by atoms with E-state index in [1.807, 2.05) is 29.1 Å². The SMILES string of the molecule is Cc1nc2c(cc1Cn1cc(-c3ccccn3)nn1)CCCc1ccccc1-2. The molecule has 0 atom stereocenters. The van der Waals surface area contributed by atoms with Gasteiger partial charge in [-0.15, -0.1) is 5.10 Å². The van der Waals surface area contributed by atoms with E-state index in [4.69, 9.17) is 4.98 Å². The minimum Gasteiger partial charge on any atom is -0.254 e. The van der Waals surface area contributed by atoms with Crippen molar-refractivity contribution >= 4 is 0 Å². The number of hydrogen-bond acceptors (Lipinski definition) is 4. The van der Waals surface area contributed by atoms with Crippen LogP contribution in [0.15, 0.2) is 60.9 Å². The number of nitrogens with zero attached hydrogens (tertiary/aromatic N) is 5. The molecule has 0 amide bonds. The number of aromatic nitrogens is 5. The van der Waals surface area contributed by atoms with E-state index in [1.165, 1.54) is 22.3 Å². The molecule has 28 heavy (non-hydrogen) atoms. The Morgan fingerprint density at radius 2 is 1.82 bits per heavy atom. The predicted octanol–water partition coefficient (Wildman–Crippen LogP) is 4.25. The monoisotopic (exact) mass is 367 g/mol. The summed E-state index contributed by atoms with van der Waals surface area (Å²) in [6.07, 6.45) is 7.04. The third-order valence-electron chi connectivity index (χ3n) is 5.36. The maximum absolute atomic E-state index is 5.00. The highest BCUT2D eigenvalue weighted by Crippen LogP contribution is 2.32. The summed E-state index contributed by atoms with van der Waals surface area (Å²) in [6.45, 7) is 2.74. The van der Waals surface area contributed by atoms with Crippen molar-refractivity contribution in [2.75, 3.05) is 0 Å². The molecule has 0 spiro atoms. The Balaban J connectivity index is 1.48. The molecule has 3 aromatic heterocycles. The van der Waals surface area contributed by atoms with E-state index in [9.17, 15) is 0 Å². The van der Waals surface area contributed by atoms with Crippen molar-refractivity contribution in [1.29, 1.82) is 0 Å². The molecule has 138 valence electrons. The minimum atomic E-state index is 0.660. The van der Waals surface area contributed by atoms with E-state index in [0.29, 0.717) is 6.54 Å². The van der Waals surface area contributed by atoms with Gasteiger partial charge in [-0.2, -0.15) is 0 Å². The van der Waals surface area contributed by atoms with Gasteiger partial charge >= 0.3 is 0 Å². The first-order chi connectivity index (χ1) is 13.8. The van der Waals surface area contributed by atoms with Gasteiger partial charge in [-0.25, -0.2) is 4.68 Å². The summed E-state index contributed by atoms with van der Waals surface area (Å²) in [5.41, 5.74) is 9.01. The van der Waals surface area contributed by atoms with E-state index in [0.717, 1.165) is 42.0 Å². The Hall–Kier alpha value is -3.34. The fraction of sp³-hybridized carbons (Fsp3) is 0.217. The van der Waals surface area contributed by atoms with Crippen LogP contribution in [0.3, 0.4) is 0 Å². The summed E-state index contributed by atoms with van der Waals surface area (Å²) in [6, 6.07) is 16.8. The van der Waals surface area contributed by atoms with Crippen LogP contribution in [-0.4, -0.2) is 25.0 Å². The van der Waals surface area contributed by atoms with Crippen LogP contribution in [-0.2, 0) is 19.4 Å². The minimum absolute atomic E-state index is 0.660. The molecule has 5 nitrogen and oxygen atoms in total. The molecule has 4 aromatic rings. The molecule has 5 rings (SSSR count). The molecule has 1 aliphatic carbocycles. The predicted molar refractivity (Wildman–Crippen MR) is 109 cm³/mol. The summed E-state index contributed by atoms with van der Waals surface area (Å²) in [4.78, 5) is 9.35. The average Bonchev–Trinajstić information content (AvgIpc) is 3.12. The molecule has 0 bridgehead atoms. The molecule has 0 N–H and O–H groups in total. The third kappa shape index (κ3) is 3.09. The van der Waals surface area contributed by atoms with Crippen LogP contribution < -0.4 is 0 Å². The Morgan fingerprint density at radius 3 is 2.71 bits per heavy atom. The van der Waals surface area contributed by atoms with Crippen LogP contribution in [0.25, 0.3) is 22.6 Å². The van der Waals surface area contributed by atoms with Crippen molar-refractivity contribution in [3.05, 3.63) is 83.3 Å². The van der Waals surface area contributed by atoms with E-state index in [2.05, 4.69) is 52.6 Å². The number of rotatable bonds is 3. The number of fused-ring (bicyclic) bond motifs is 3. The zero-order valence-electron chi connectivity index (χ0n) is 15.8. The highest BCUT2D eigenvalue weighted by molar-refractivity contribution is 5.68. The summed E-state index contributed by atoms with van der Waals surface area (Å²) in [5, 5.41) is 8.57. The highest BCUT2D eigenvalue weighted by Gasteiger charge is 2.17. The normalized spacial score (nSPS) is 12.9. The van der Waals surface area contributed by atoms with Gasteiger partial charge in [0.15, 0.2) is 0 Å². The summed E-state index contributed by atoms with van der Waals surface area (Å²) < 4.78 is 1.87. The average molecular weight is 367 g/mol. The fourth-order valence-electron chi connectivity index (χ4n) is 3.90. The first-order valence-corrected chi connectivity index (χ1v) is 9.67. The van der Waals surface area contributed by atoms with Crippen molar-refractivity contribution in [2.45, 2.75) is 32.7 Å². The Morgan fingerprint density at radius 1 is 0.964 bits per heavy atom. The Kier molecular flexibility index (Phi) is 4.20. The molecule has 0 unspecified atom stereocenters. The summed E-state index contributed by atoms with van der Waals surface area (Å²) in [5.74, 6) is 0. The fourth-order valence-corrected chi connectivity index (χ4v) is 3.90. The van der Waals surface area contributed by atoms with Gasteiger partial charge in [-0.3, -0.25) is 9.97 Å². The lowest BCUT2D eigenvalue weighted by Gasteiger charge is -2.13. The molecular weight excluding hydrogens is 346 g/mol. The van der Waals surface area contributed by atoms with Gasteiger partial charge in [0.25, 0.3) is 0 Å². The van der Waals surface area contributed by atoms with Gasteiger partial charge in [-0.1, -0.05) is 35.5 Å². The molecule has 1 aromatic carbocycles. The van der Waals surface area contributed by atoms with Crippen molar-refractivity contribution in [1.82, 2.24) is 25.0 Å². The van der Waals surface area contributed by atoms with Crippen LogP contribution in [0, 0.1) is 6.92 Å². The van der Waals surface area contributed by atoms with Crippen LogP contribution in [0.2, 0.25) is 0 Å². The second kappa shape index (κ2) is 7.00. The second-order valence-electron chi connectivity index (χ2n) is 7.27. The second-order valence-corrected chi connectivity index (χ2v) is 7.27. The van der Waals surface area contributed by atoms with Gasteiger partial charge in [0.2, 0.25) is 0 Å². The molecule has 3 heterocycles. The quantitative estimate of drug-likeness (QED) is 0.543. The molecule has 0 radical (unpaired) electrons. The lowest BCUT2D eigenvalue weighted by Crippen LogP contribution is -2.06. The number of hydrogen-bond donors (Lipinski definition) is 0. The number of aryl methyl sites for hydroxylation is 3. The first-order valence-electron chi connectivity index (χ1n) is 9.67. The largest absolute Gasteiger partial charge is 0.254 e. The van der Waals surface area contributed by atoms with Gasteiger partial charge in [0.1, 0.15) is 5.69 Å². The van der Waals surface area contributed by atoms with Crippen molar-refractivity contribution < 1.29 is 0 Å². The third-order valence-corrected chi connectivity index (χ3v) is 5.36. The molecule has 1 aliphatic rings. The molecule has 0 fully saturated rings. The van der Waals surface area contributed by atoms with Crippen LogP contribution in [0.4, 0.5) is 0 Å². The molecule has 0 aliphatic heterocycles. The molecule has 0 saturated carbocycles. The van der Waals surface area contributed by atoms with Crippen molar-refractivity contribution in [3.63, 3.8) is 0 Å². The van der Waals surface area contributed by atoms with Gasteiger partial charge in [0, 0.05) is 17.5 Å².